The summed E-state index contributed by atoms with van der Waals surface area (Å²) in [6, 6.07) is 18.4. The Bertz CT molecular complexity index is 1290. The third kappa shape index (κ3) is 6.06. The lowest BCUT2D eigenvalue weighted by molar-refractivity contribution is -0.115. The molecule has 1 heterocycles. The number of halogens is 2. The van der Waals surface area contributed by atoms with Crippen molar-refractivity contribution in [3.05, 3.63) is 95.4 Å². The van der Waals surface area contributed by atoms with Crippen molar-refractivity contribution >= 4 is 45.7 Å². The van der Waals surface area contributed by atoms with Crippen LogP contribution in [0.1, 0.15) is 17.3 Å². The number of nitrogens with zero attached hydrogens (tertiary/aromatic N) is 1. The van der Waals surface area contributed by atoms with Gasteiger partial charge in [0.1, 0.15) is 11.6 Å². The Labute approximate surface area is 203 Å². The summed E-state index contributed by atoms with van der Waals surface area (Å²) in [5, 5.41) is 7.45. The lowest BCUT2D eigenvalue weighted by Crippen LogP contribution is -2.22. The summed E-state index contributed by atoms with van der Waals surface area (Å²) in [6.45, 7) is 1.79. The predicted molar refractivity (Wildman–Crippen MR) is 132 cm³/mol. The normalized spacial score (nSPS) is 11.6. The number of hydrogen-bond acceptors (Lipinski definition) is 5. The molecule has 9 heteroatoms. The van der Waals surface area contributed by atoms with Crippen molar-refractivity contribution < 1.29 is 18.4 Å². The third-order valence-electron chi connectivity index (χ3n) is 4.77. The van der Waals surface area contributed by atoms with Gasteiger partial charge in [-0.2, -0.15) is 0 Å². The van der Waals surface area contributed by atoms with Gasteiger partial charge in [0.15, 0.2) is 5.13 Å². The fraction of sp³-hybridized carbons (Fsp3) is 0.0800. The molecule has 4 aromatic rings. The standard InChI is InChI=1S/C25H19F2N3O2S2/c1-15(23(31)30-25-29-22(14-33-25)16-2-6-18(26)7-3-16)34-21-12-10-20(11-13-21)28-24(32)17-4-8-19(27)9-5-17/h2-15H,1H3,(H,28,32)(H,29,30,31). The second kappa shape index (κ2) is 10.6. The molecule has 0 spiro atoms. The van der Waals surface area contributed by atoms with Gasteiger partial charge >= 0.3 is 0 Å². The van der Waals surface area contributed by atoms with E-state index in [0.29, 0.717) is 22.1 Å². The van der Waals surface area contributed by atoms with E-state index in [-0.39, 0.29) is 17.6 Å². The van der Waals surface area contributed by atoms with Crippen LogP contribution in [0, 0.1) is 11.6 Å². The van der Waals surface area contributed by atoms with E-state index in [0.717, 1.165) is 10.5 Å². The topological polar surface area (TPSA) is 71.1 Å². The third-order valence-corrected chi connectivity index (χ3v) is 6.64. The van der Waals surface area contributed by atoms with Gasteiger partial charge in [-0.05, 0) is 79.7 Å². The van der Waals surface area contributed by atoms with Gasteiger partial charge in [0, 0.05) is 27.1 Å². The largest absolute Gasteiger partial charge is 0.322 e. The highest BCUT2D eigenvalue weighted by Crippen LogP contribution is 2.28. The molecule has 172 valence electrons. The Morgan fingerprint density at radius 2 is 1.50 bits per heavy atom. The van der Waals surface area contributed by atoms with Crippen LogP contribution in [0.25, 0.3) is 11.3 Å². The van der Waals surface area contributed by atoms with Crippen molar-refractivity contribution in [1.29, 1.82) is 0 Å². The molecule has 0 aliphatic rings. The van der Waals surface area contributed by atoms with Gasteiger partial charge in [-0.1, -0.05) is 0 Å². The van der Waals surface area contributed by atoms with Gasteiger partial charge in [-0.15, -0.1) is 23.1 Å². The van der Waals surface area contributed by atoms with Crippen molar-refractivity contribution in [2.24, 2.45) is 0 Å². The average Bonchev–Trinajstić information content (AvgIpc) is 3.29. The number of amides is 2. The molecule has 0 saturated carbocycles. The molecule has 3 aromatic carbocycles. The predicted octanol–water partition coefficient (Wildman–Crippen LogP) is 6.46. The molecule has 1 unspecified atom stereocenters. The molecule has 0 bridgehead atoms. The first-order valence-corrected chi connectivity index (χ1v) is 12.0. The Hall–Kier alpha value is -3.56. The molecular weight excluding hydrogens is 476 g/mol. The van der Waals surface area contributed by atoms with Crippen LogP contribution in [0.5, 0.6) is 0 Å². The fourth-order valence-electron chi connectivity index (χ4n) is 2.97. The Balaban J connectivity index is 1.31. The maximum atomic E-state index is 13.1. The quantitative estimate of drug-likeness (QED) is 0.289. The zero-order chi connectivity index (χ0) is 24.1. The molecule has 4 rings (SSSR count). The van der Waals surface area contributed by atoms with E-state index < -0.39 is 11.1 Å². The van der Waals surface area contributed by atoms with Crippen LogP contribution in [0.3, 0.4) is 0 Å². The van der Waals surface area contributed by atoms with Crippen LogP contribution < -0.4 is 10.6 Å². The molecule has 0 fully saturated rings. The van der Waals surface area contributed by atoms with Gasteiger partial charge in [-0.3, -0.25) is 9.59 Å². The second-order valence-corrected chi connectivity index (χ2v) is 9.55. The summed E-state index contributed by atoms with van der Waals surface area (Å²) in [5.74, 6) is -1.25. The monoisotopic (exact) mass is 495 g/mol. The highest BCUT2D eigenvalue weighted by atomic mass is 32.2. The van der Waals surface area contributed by atoms with E-state index in [1.807, 2.05) is 12.1 Å². The smallest absolute Gasteiger partial charge is 0.255 e. The molecule has 2 amide bonds. The second-order valence-electron chi connectivity index (χ2n) is 7.28. The van der Waals surface area contributed by atoms with Crippen LogP contribution in [0.2, 0.25) is 0 Å². The highest BCUT2D eigenvalue weighted by molar-refractivity contribution is 8.00. The number of thiazole rings is 1. The maximum Gasteiger partial charge on any atom is 0.255 e. The van der Waals surface area contributed by atoms with Gasteiger partial charge in [-0.25, -0.2) is 13.8 Å². The fourth-order valence-corrected chi connectivity index (χ4v) is 4.56. The van der Waals surface area contributed by atoms with Gasteiger partial charge in [0.05, 0.1) is 10.9 Å². The molecule has 0 radical (unpaired) electrons. The van der Waals surface area contributed by atoms with Crippen molar-refractivity contribution in [3.8, 4) is 11.3 Å². The van der Waals surface area contributed by atoms with E-state index in [4.69, 9.17) is 0 Å². The van der Waals surface area contributed by atoms with Crippen molar-refractivity contribution in [1.82, 2.24) is 4.98 Å². The average molecular weight is 496 g/mol. The van der Waals surface area contributed by atoms with E-state index in [1.54, 1.807) is 36.6 Å². The Morgan fingerprint density at radius 3 is 2.15 bits per heavy atom. The molecule has 0 saturated heterocycles. The Morgan fingerprint density at radius 1 is 0.882 bits per heavy atom. The first-order chi connectivity index (χ1) is 16.4. The lowest BCUT2D eigenvalue weighted by Gasteiger charge is -2.11. The van der Waals surface area contributed by atoms with Gasteiger partial charge in [0.25, 0.3) is 5.91 Å². The van der Waals surface area contributed by atoms with E-state index in [9.17, 15) is 18.4 Å². The van der Waals surface area contributed by atoms with Crippen LogP contribution >= 0.6 is 23.1 Å². The minimum atomic E-state index is -0.403. The van der Waals surface area contributed by atoms with Crippen molar-refractivity contribution in [2.75, 3.05) is 10.6 Å². The number of hydrogen-bond donors (Lipinski definition) is 2. The van der Waals surface area contributed by atoms with Crippen LogP contribution in [0.15, 0.2) is 83.1 Å². The summed E-state index contributed by atoms with van der Waals surface area (Å²) in [5.41, 5.74) is 2.38. The number of nitrogens with one attached hydrogen (secondary N) is 2. The van der Waals surface area contributed by atoms with E-state index >= 15 is 0 Å². The number of thioether (sulfide) groups is 1. The zero-order valence-corrected chi connectivity index (χ0v) is 19.6. The van der Waals surface area contributed by atoms with Crippen molar-refractivity contribution in [3.63, 3.8) is 0 Å². The van der Waals surface area contributed by atoms with Crippen LogP contribution in [0.4, 0.5) is 19.6 Å². The molecule has 1 atom stereocenters. The van der Waals surface area contributed by atoms with E-state index in [2.05, 4.69) is 15.6 Å². The number of aromatic nitrogens is 1. The summed E-state index contributed by atoms with van der Waals surface area (Å²) >= 11 is 2.67. The Kier molecular flexibility index (Phi) is 7.34. The van der Waals surface area contributed by atoms with Gasteiger partial charge < -0.3 is 10.6 Å². The molecule has 0 aliphatic heterocycles. The van der Waals surface area contributed by atoms with Gasteiger partial charge in [0.2, 0.25) is 5.91 Å². The molecule has 0 aliphatic carbocycles. The molecular formula is C25H19F2N3O2S2. The molecule has 2 N–H and O–H groups in total. The summed E-state index contributed by atoms with van der Waals surface area (Å²) in [4.78, 5) is 30.1. The molecule has 1 aromatic heterocycles. The first-order valence-electron chi connectivity index (χ1n) is 10.2. The number of carbonyl (C=O) groups excluding carboxylic acids is 2. The highest BCUT2D eigenvalue weighted by Gasteiger charge is 2.17. The lowest BCUT2D eigenvalue weighted by atomic mass is 10.2. The van der Waals surface area contributed by atoms with Crippen molar-refractivity contribution in [2.45, 2.75) is 17.1 Å². The zero-order valence-electron chi connectivity index (χ0n) is 17.9. The number of anilines is 2. The first kappa shape index (κ1) is 23.6. The SMILES string of the molecule is CC(Sc1ccc(NC(=O)c2ccc(F)cc2)cc1)C(=O)Nc1nc(-c2ccc(F)cc2)cs1. The summed E-state index contributed by atoms with van der Waals surface area (Å²) in [6.07, 6.45) is 0. The van der Waals surface area contributed by atoms with Crippen LogP contribution in [-0.2, 0) is 4.79 Å². The number of carbonyl (C=O) groups is 2. The number of rotatable bonds is 7. The van der Waals surface area contributed by atoms with Crippen LogP contribution in [-0.4, -0.2) is 22.0 Å². The molecule has 5 nitrogen and oxygen atoms in total. The number of benzene rings is 3. The summed E-state index contributed by atoms with van der Waals surface area (Å²) in [7, 11) is 0. The minimum Gasteiger partial charge on any atom is -0.322 e. The molecule has 34 heavy (non-hydrogen) atoms. The van der Waals surface area contributed by atoms with E-state index in [1.165, 1.54) is 59.5 Å². The minimum absolute atomic E-state index is 0.196. The summed E-state index contributed by atoms with van der Waals surface area (Å²) < 4.78 is 26.1. The maximum absolute atomic E-state index is 13.1.